The van der Waals surface area contributed by atoms with Gasteiger partial charge in [-0.05, 0) is 57.0 Å². The Kier molecular flexibility index (Phi) is 12.2. The molecule has 1 aromatic heterocycles. The Hall–Kier alpha value is -3.30. The Labute approximate surface area is 219 Å². The van der Waals surface area contributed by atoms with Crippen molar-refractivity contribution in [2.45, 2.75) is 66.0 Å². The largest absolute Gasteiger partial charge is 0.383 e. The van der Waals surface area contributed by atoms with E-state index in [1.165, 1.54) is 37.8 Å². The minimum Gasteiger partial charge on any atom is -0.383 e. The number of amidine groups is 1. The number of nitrogen functional groups attached to an aromatic ring is 1. The van der Waals surface area contributed by atoms with Gasteiger partial charge in [0, 0.05) is 24.7 Å². The van der Waals surface area contributed by atoms with Gasteiger partial charge in [-0.3, -0.25) is 9.91 Å². The number of hydrogen-bond acceptors (Lipinski definition) is 6. The molecular weight excluding hydrogens is 472 g/mol. The van der Waals surface area contributed by atoms with Crippen molar-refractivity contribution >= 4 is 11.7 Å². The predicted molar refractivity (Wildman–Crippen MR) is 149 cm³/mol. The number of likely N-dealkylation sites (tertiary alicyclic amines) is 1. The Morgan fingerprint density at radius 1 is 1.14 bits per heavy atom. The van der Waals surface area contributed by atoms with Crippen molar-refractivity contribution in [3.8, 4) is 11.1 Å². The molecule has 6 N–H and O–H groups in total. The van der Waals surface area contributed by atoms with Crippen molar-refractivity contribution in [1.29, 1.82) is 0 Å². The average Bonchev–Trinajstić information content (AvgIpc) is 2.94. The van der Waals surface area contributed by atoms with Crippen LogP contribution in [-0.2, 0) is 6.54 Å². The topological polar surface area (TPSA) is 110 Å². The van der Waals surface area contributed by atoms with E-state index in [9.17, 15) is 8.78 Å². The molecule has 1 atom stereocenters. The lowest BCUT2D eigenvalue weighted by Gasteiger charge is -2.27. The summed E-state index contributed by atoms with van der Waals surface area (Å²) < 4.78 is 28.8. The number of piperidine rings is 1. The van der Waals surface area contributed by atoms with Crippen LogP contribution in [0.1, 0.15) is 64.5 Å². The van der Waals surface area contributed by atoms with E-state index in [2.05, 4.69) is 27.1 Å². The van der Waals surface area contributed by atoms with Gasteiger partial charge < -0.3 is 11.6 Å². The van der Waals surface area contributed by atoms with Gasteiger partial charge in [-0.25, -0.2) is 19.6 Å². The molecule has 1 fully saturated rings. The van der Waals surface area contributed by atoms with Crippen LogP contribution in [0.15, 0.2) is 65.4 Å². The summed E-state index contributed by atoms with van der Waals surface area (Å²) in [6.45, 7) is 10.4. The smallest absolute Gasteiger partial charge is 0.173 e. The summed E-state index contributed by atoms with van der Waals surface area (Å²) in [5.74, 6) is 9.93. The molecule has 1 aliphatic heterocycles. The summed E-state index contributed by atoms with van der Waals surface area (Å²) >= 11 is 0. The molecule has 1 saturated heterocycles. The van der Waals surface area contributed by atoms with Crippen LogP contribution in [0, 0.1) is 0 Å². The van der Waals surface area contributed by atoms with Crippen LogP contribution in [0.3, 0.4) is 0 Å². The summed E-state index contributed by atoms with van der Waals surface area (Å²) in [7, 11) is 0. The van der Waals surface area contributed by atoms with E-state index in [4.69, 9.17) is 17.4 Å². The van der Waals surface area contributed by atoms with E-state index >= 15 is 0 Å². The average molecular weight is 514 g/mol. The third-order valence-electron chi connectivity index (χ3n) is 6.24. The van der Waals surface area contributed by atoms with Crippen molar-refractivity contribution in [2.24, 2.45) is 16.8 Å². The fourth-order valence-corrected chi connectivity index (χ4v) is 4.12. The molecule has 0 spiro atoms. The number of aromatic nitrogens is 1. The van der Waals surface area contributed by atoms with Crippen LogP contribution < -0.4 is 17.4 Å². The van der Waals surface area contributed by atoms with Gasteiger partial charge in [0.05, 0.1) is 11.6 Å². The van der Waals surface area contributed by atoms with Crippen molar-refractivity contribution < 1.29 is 8.78 Å². The van der Waals surface area contributed by atoms with Gasteiger partial charge in [0.25, 0.3) is 0 Å². The van der Waals surface area contributed by atoms with E-state index in [0.717, 1.165) is 35.8 Å². The Balaban J connectivity index is 0.00000235. The fourth-order valence-electron chi connectivity index (χ4n) is 4.12. The van der Waals surface area contributed by atoms with Gasteiger partial charge in [-0.2, -0.15) is 5.10 Å². The van der Waals surface area contributed by atoms with Crippen molar-refractivity contribution in [1.82, 2.24) is 14.9 Å². The molecule has 7 nitrogen and oxygen atoms in total. The molecular formula is C28H41F2N7. The summed E-state index contributed by atoms with van der Waals surface area (Å²) in [5, 5.41) is 4.69. The molecule has 3 rings (SSSR count). The van der Waals surface area contributed by atoms with E-state index in [-0.39, 0.29) is 18.1 Å². The lowest BCUT2D eigenvalue weighted by Crippen LogP contribution is -2.46. The first-order valence-electron chi connectivity index (χ1n) is 12.9. The SMILES string of the molecule is C/C=C\C/C(F)=C(/F)C(C)N(N)/C(=N\N)c1cc(-c2ccc(CN3CCCCC3)cc2)cnc1N.CC. The van der Waals surface area contributed by atoms with Crippen molar-refractivity contribution in [3.05, 3.63) is 71.5 Å². The first-order chi connectivity index (χ1) is 17.8. The van der Waals surface area contributed by atoms with Crippen LogP contribution in [-0.4, -0.2) is 39.9 Å². The highest BCUT2D eigenvalue weighted by molar-refractivity contribution is 6.03. The number of pyridine rings is 1. The Bertz CT molecular complexity index is 1070. The number of nitrogens with zero attached hydrogens (tertiary/aromatic N) is 4. The third kappa shape index (κ3) is 8.10. The second-order valence-corrected chi connectivity index (χ2v) is 8.75. The van der Waals surface area contributed by atoms with Crippen LogP contribution in [0.25, 0.3) is 11.1 Å². The van der Waals surface area contributed by atoms with E-state index in [1.54, 1.807) is 25.3 Å². The van der Waals surface area contributed by atoms with Gasteiger partial charge in [-0.15, -0.1) is 0 Å². The Morgan fingerprint density at radius 3 is 2.38 bits per heavy atom. The zero-order valence-corrected chi connectivity index (χ0v) is 22.4. The molecule has 9 heteroatoms. The molecule has 0 amide bonds. The highest BCUT2D eigenvalue weighted by atomic mass is 19.2. The molecule has 1 aliphatic rings. The van der Waals surface area contributed by atoms with E-state index < -0.39 is 17.7 Å². The molecule has 1 aromatic carbocycles. The highest BCUT2D eigenvalue weighted by Gasteiger charge is 2.25. The van der Waals surface area contributed by atoms with E-state index in [1.807, 2.05) is 26.0 Å². The van der Waals surface area contributed by atoms with Crippen LogP contribution in [0.4, 0.5) is 14.6 Å². The van der Waals surface area contributed by atoms with Crippen LogP contribution >= 0.6 is 0 Å². The molecule has 0 saturated carbocycles. The maximum atomic E-state index is 14.6. The summed E-state index contributed by atoms with van der Waals surface area (Å²) in [6, 6.07) is 8.85. The maximum absolute atomic E-state index is 14.6. The van der Waals surface area contributed by atoms with Crippen molar-refractivity contribution in [2.75, 3.05) is 18.8 Å². The fraction of sp³-hybridized carbons (Fsp3) is 0.429. The Morgan fingerprint density at radius 2 is 1.78 bits per heavy atom. The minimum atomic E-state index is -1.15. The predicted octanol–water partition coefficient (Wildman–Crippen LogP) is 5.64. The van der Waals surface area contributed by atoms with E-state index in [0.29, 0.717) is 5.56 Å². The number of nitrogens with two attached hydrogens (primary N) is 3. The number of allylic oxidation sites excluding steroid dienone is 3. The van der Waals surface area contributed by atoms with Crippen LogP contribution in [0.2, 0.25) is 0 Å². The molecule has 1 unspecified atom stereocenters. The molecule has 0 aliphatic carbocycles. The molecule has 2 heterocycles. The number of hydrogen-bond donors (Lipinski definition) is 3. The molecule has 202 valence electrons. The first kappa shape index (κ1) is 29.9. The summed E-state index contributed by atoms with van der Waals surface area (Å²) in [5.41, 5.74) is 9.37. The normalized spacial score (nSPS) is 16.1. The summed E-state index contributed by atoms with van der Waals surface area (Å²) in [6.07, 6.45) is 8.45. The quantitative estimate of drug-likeness (QED) is 0.138. The highest BCUT2D eigenvalue weighted by Crippen LogP contribution is 2.26. The second kappa shape index (κ2) is 15.1. The van der Waals surface area contributed by atoms with Crippen molar-refractivity contribution in [3.63, 3.8) is 0 Å². The van der Waals surface area contributed by atoms with Gasteiger partial charge in [-0.1, -0.05) is 56.7 Å². The van der Waals surface area contributed by atoms with Gasteiger partial charge in [0.15, 0.2) is 11.7 Å². The maximum Gasteiger partial charge on any atom is 0.173 e. The summed E-state index contributed by atoms with van der Waals surface area (Å²) in [4.78, 5) is 6.73. The number of anilines is 1. The molecule has 0 radical (unpaired) electrons. The van der Waals surface area contributed by atoms with Gasteiger partial charge in [0.2, 0.25) is 0 Å². The second-order valence-electron chi connectivity index (χ2n) is 8.75. The zero-order valence-electron chi connectivity index (χ0n) is 22.4. The van der Waals surface area contributed by atoms with Crippen LogP contribution in [0.5, 0.6) is 0 Å². The molecule has 2 aromatic rings. The number of rotatable bonds is 8. The standard InChI is InChI=1S/C26H35F2N7.C2H6/c1-3-4-8-23(27)24(28)18(2)35(31)26(33-30)22-15-21(16-32-25(22)29)20-11-9-19(10-12-20)17-34-13-6-5-7-14-34;1-2/h3-4,9-12,15-16,18H,5-8,13-14,17,30-31H2,1-2H3,(H2,29,32);1-2H3/b4-3-,24-23-,33-26-;. The van der Waals surface area contributed by atoms with Gasteiger partial charge in [0.1, 0.15) is 11.6 Å². The zero-order chi connectivity index (χ0) is 27.4. The number of hydrazone groups is 1. The monoisotopic (exact) mass is 513 g/mol. The molecule has 37 heavy (non-hydrogen) atoms. The first-order valence-corrected chi connectivity index (χ1v) is 12.9. The molecule has 0 bridgehead atoms. The lowest BCUT2D eigenvalue weighted by atomic mass is 10.0. The number of halogens is 2. The minimum absolute atomic E-state index is 0.0000484. The number of hydrazine groups is 1. The number of benzene rings is 1. The lowest BCUT2D eigenvalue weighted by molar-refractivity contribution is 0.221. The van der Waals surface area contributed by atoms with Gasteiger partial charge >= 0.3 is 0 Å². The third-order valence-corrected chi connectivity index (χ3v) is 6.24.